The zero-order chi connectivity index (χ0) is 28.2. The SMILES string of the molecule is C.C1CCCNCC1.C=C(Br)CBr.C=C(Br)CN1CCCCCC1.C=CC(=C)CN1CCCCCC1.[Br-].[CH-]=C.[Mg+2]. The van der Waals surface area contributed by atoms with Gasteiger partial charge in [-0.2, -0.15) is 0 Å². The molecule has 3 aliphatic rings. The second-order valence-corrected chi connectivity index (χ2v) is 12.4. The maximum Gasteiger partial charge on any atom is 2.00 e. The number of likely N-dealkylation sites (tertiary alicyclic amines) is 2. The van der Waals surface area contributed by atoms with E-state index in [1.165, 1.54) is 116 Å². The van der Waals surface area contributed by atoms with E-state index in [0.717, 1.165) is 33.0 Å². The zero-order valence-electron chi connectivity index (χ0n) is 24.7. The number of hydrogen-bond acceptors (Lipinski definition) is 3. The first-order valence-corrected chi connectivity index (χ1v) is 16.7. The Labute approximate surface area is 302 Å². The fourth-order valence-corrected chi connectivity index (χ4v) is 4.52. The van der Waals surface area contributed by atoms with Crippen LogP contribution in [0.5, 0.6) is 0 Å². The molecule has 3 fully saturated rings. The summed E-state index contributed by atoms with van der Waals surface area (Å²) in [6.45, 7) is 31.6. The van der Waals surface area contributed by atoms with E-state index < -0.39 is 0 Å². The van der Waals surface area contributed by atoms with Crippen molar-refractivity contribution < 1.29 is 17.0 Å². The molecule has 3 nitrogen and oxygen atoms in total. The molecular formula is C32H59Br4MgN3. The fraction of sp³-hybridized carbons (Fsp3) is 0.688. The molecule has 0 saturated carbocycles. The molecule has 0 aromatic heterocycles. The summed E-state index contributed by atoms with van der Waals surface area (Å²) in [4.78, 5) is 4.96. The van der Waals surface area contributed by atoms with Gasteiger partial charge in [0.15, 0.2) is 0 Å². The quantitative estimate of drug-likeness (QED) is 0.140. The summed E-state index contributed by atoms with van der Waals surface area (Å²) in [6, 6.07) is 0. The normalized spacial score (nSPS) is 17.1. The first-order valence-electron chi connectivity index (χ1n) is 14.0. The summed E-state index contributed by atoms with van der Waals surface area (Å²) in [7, 11) is 0. The van der Waals surface area contributed by atoms with Gasteiger partial charge in [-0.05, 0) is 87.8 Å². The zero-order valence-corrected chi connectivity index (χ0v) is 32.4. The van der Waals surface area contributed by atoms with Crippen LogP contribution in [0.4, 0.5) is 0 Å². The summed E-state index contributed by atoms with van der Waals surface area (Å²) < 4.78 is 2.09. The number of nitrogens with one attached hydrogen (secondary N) is 1. The van der Waals surface area contributed by atoms with Gasteiger partial charge >= 0.3 is 23.1 Å². The van der Waals surface area contributed by atoms with Crippen molar-refractivity contribution in [3.05, 3.63) is 60.1 Å². The topological polar surface area (TPSA) is 18.5 Å². The molecule has 0 amide bonds. The van der Waals surface area contributed by atoms with Crippen LogP contribution in [0.25, 0.3) is 0 Å². The van der Waals surface area contributed by atoms with E-state index in [9.17, 15) is 0 Å². The van der Waals surface area contributed by atoms with Crippen LogP contribution in [0.3, 0.4) is 0 Å². The van der Waals surface area contributed by atoms with Crippen molar-refractivity contribution in [3.8, 4) is 0 Å². The second-order valence-electron chi connectivity index (χ2n) is 9.58. The van der Waals surface area contributed by atoms with Crippen molar-refractivity contribution in [1.29, 1.82) is 0 Å². The van der Waals surface area contributed by atoms with E-state index in [0.29, 0.717) is 0 Å². The Kier molecular flexibility index (Phi) is 51.2. The van der Waals surface area contributed by atoms with Crippen molar-refractivity contribution in [2.24, 2.45) is 0 Å². The molecular weight excluding hydrogens is 770 g/mol. The van der Waals surface area contributed by atoms with Crippen molar-refractivity contribution in [3.63, 3.8) is 0 Å². The predicted octanol–water partition coefficient (Wildman–Crippen LogP) is 6.68. The van der Waals surface area contributed by atoms with E-state index in [1.807, 2.05) is 6.08 Å². The average molecular weight is 830 g/mol. The molecule has 0 radical (unpaired) electrons. The number of rotatable bonds is 6. The summed E-state index contributed by atoms with van der Waals surface area (Å²) in [5.74, 6) is 0. The van der Waals surface area contributed by atoms with E-state index in [1.54, 1.807) is 0 Å². The van der Waals surface area contributed by atoms with Crippen LogP contribution in [0.2, 0.25) is 0 Å². The van der Waals surface area contributed by atoms with Gasteiger partial charge in [0.25, 0.3) is 0 Å². The van der Waals surface area contributed by atoms with Gasteiger partial charge in [-0.1, -0.05) is 126 Å². The third-order valence-electron chi connectivity index (χ3n) is 6.11. The van der Waals surface area contributed by atoms with E-state index in [4.69, 9.17) is 0 Å². The largest absolute Gasteiger partial charge is 2.00 e. The molecule has 0 spiro atoms. The first-order chi connectivity index (χ1) is 17.9. The molecule has 1 N–H and O–H groups in total. The standard InChI is InChI=1S/C11H19N.C9H16BrN.C6H13N.C3H4Br2.C2H3.CH4.BrH.Mg/c1-3-11(2)10-12-8-6-4-5-7-9-12;1-9(10)8-11-6-4-2-3-5-7-11;1-2-4-6-7-5-3-1;1-3(5)2-4;1-2;;;/h3H,1-2,4-10H2;1-8H2;7H,1-6H2;1-2H2;1H,2H2;1H4;1H;/q;;;;-1;;;+2/p-1. The fourth-order valence-electron chi connectivity index (χ4n) is 4.16. The van der Waals surface area contributed by atoms with Crippen LogP contribution in [-0.4, -0.2) is 90.5 Å². The van der Waals surface area contributed by atoms with Crippen LogP contribution in [-0.2, 0) is 0 Å². The Hall–Kier alpha value is 1.27. The van der Waals surface area contributed by atoms with E-state index in [-0.39, 0.29) is 47.5 Å². The van der Waals surface area contributed by atoms with E-state index >= 15 is 0 Å². The van der Waals surface area contributed by atoms with Gasteiger partial charge in [0.05, 0.1) is 0 Å². The number of alkyl halides is 1. The molecule has 3 rings (SSSR count). The maximum absolute atomic E-state index is 4.25. The number of hydrogen-bond donors (Lipinski definition) is 1. The van der Waals surface area contributed by atoms with Gasteiger partial charge in [-0.25, -0.2) is 0 Å². The third kappa shape index (κ3) is 39.3. The van der Waals surface area contributed by atoms with Crippen LogP contribution in [0.1, 0.15) is 84.5 Å². The summed E-state index contributed by atoms with van der Waals surface area (Å²) in [5.41, 5.74) is 1.15. The molecule has 0 atom stereocenters. The Morgan fingerprint density at radius 3 is 1.30 bits per heavy atom. The average Bonchev–Trinajstić information content (AvgIpc) is 3.44. The molecule has 3 heterocycles. The number of nitrogens with zero attached hydrogens (tertiary/aromatic N) is 2. The molecule has 40 heavy (non-hydrogen) atoms. The predicted molar refractivity (Wildman–Crippen MR) is 193 cm³/mol. The molecule has 0 aliphatic carbocycles. The number of allylic oxidation sites excluding steroid dienone is 1. The summed E-state index contributed by atoms with van der Waals surface area (Å²) in [5, 5.41) is 4.19. The van der Waals surface area contributed by atoms with Crippen LogP contribution in [0, 0.1) is 6.58 Å². The van der Waals surface area contributed by atoms with Crippen molar-refractivity contribution in [1.82, 2.24) is 15.1 Å². The van der Waals surface area contributed by atoms with Gasteiger partial charge in [0, 0.05) is 22.9 Å². The first kappa shape index (κ1) is 50.9. The summed E-state index contributed by atoms with van der Waals surface area (Å²) in [6.07, 6.45) is 18.6. The third-order valence-corrected chi connectivity index (χ3v) is 8.07. The Morgan fingerprint density at radius 2 is 1.00 bits per heavy atom. The van der Waals surface area contributed by atoms with Gasteiger partial charge < -0.3 is 28.9 Å². The van der Waals surface area contributed by atoms with E-state index in [2.05, 4.69) is 102 Å². The Morgan fingerprint density at radius 1 is 0.675 bits per heavy atom. The van der Waals surface area contributed by atoms with Gasteiger partial charge in [-0.15, -0.1) is 0 Å². The molecule has 0 unspecified atom stereocenters. The molecule has 0 aromatic rings. The van der Waals surface area contributed by atoms with Crippen LogP contribution in [0.15, 0.2) is 53.5 Å². The Balaban J connectivity index is -0.000000135. The van der Waals surface area contributed by atoms with Crippen molar-refractivity contribution >= 4 is 70.8 Å². The molecule has 0 aromatic carbocycles. The minimum Gasteiger partial charge on any atom is -1.00 e. The molecule has 8 heteroatoms. The molecule has 3 aliphatic heterocycles. The Bertz CT molecular complexity index is 555. The number of halogens is 4. The molecule has 0 bridgehead atoms. The smallest absolute Gasteiger partial charge is 1.00 e. The van der Waals surface area contributed by atoms with Gasteiger partial charge in [0.1, 0.15) is 0 Å². The van der Waals surface area contributed by atoms with Gasteiger partial charge in [0.2, 0.25) is 0 Å². The van der Waals surface area contributed by atoms with Crippen molar-refractivity contribution in [2.75, 3.05) is 57.7 Å². The molecule has 3 saturated heterocycles. The monoisotopic (exact) mass is 825 g/mol. The molecule has 232 valence electrons. The second kappa shape index (κ2) is 40.3. The maximum atomic E-state index is 4.25. The summed E-state index contributed by atoms with van der Waals surface area (Å²) >= 11 is 9.70. The van der Waals surface area contributed by atoms with Crippen LogP contribution >= 0.6 is 47.8 Å². The van der Waals surface area contributed by atoms with Crippen molar-refractivity contribution in [2.45, 2.75) is 84.5 Å². The minimum atomic E-state index is 0. The van der Waals surface area contributed by atoms with Crippen LogP contribution < -0.4 is 22.3 Å². The minimum absolute atomic E-state index is 0. The van der Waals surface area contributed by atoms with Gasteiger partial charge in [-0.3, -0.25) is 16.4 Å².